The molecule has 24 heavy (non-hydrogen) atoms. The standard InChI is InChI=1S/C20H23N3O/c1-15-13-17(11-12-22(15)14-16-7-3-2-4-8-16)23-19-10-6-5-9-18(19)21-20(23)24/h2-10,15,17H,11-14H2,1H3,(H,21,24). The highest BCUT2D eigenvalue weighted by molar-refractivity contribution is 5.75. The number of benzene rings is 2. The third kappa shape index (κ3) is 2.78. The topological polar surface area (TPSA) is 41.0 Å². The molecule has 2 unspecified atom stereocenters. The van der Waals surface area contributed by atoms with Gasteiger partial charge in [-0.3, -0.25) is 9.47 Å². The van der Waals surface area contributed by atoms with Gasteiger partial charge in [0.25, 0.3) is 0 Å². The summed E-state index contributed by atoms with van der Waals surface area (Å²) in [5.41, 5.74) is 3.33. The van der Waals surface area contributed by atoms with E-state index in [9.17, 15) is 4.79 Å². The van der Waals surface area contributed by atoms with E-state index in [2.05, 4.69) is 47.1 Å². The number of nitrogens with one attached hydrogen (secondary N) is 1. The van der Waals surface area contributed by atoms with Crippen molar-refractivity contribution >= 4 is 11.0 Å². The van der Waals surface area contributed by atoms with Crippen molar-refractivity contribution in [1.29, 1.82) is 0 Å². The van der Waals surface area contributed by atoms with Crippen molar-refractivity contribution in [3.8, 4) is 0 Å². The molecule has 0 bridgehead atoms. The Balaban J connectivity index is 1.54. The van der Waals surface area contributed by atoms with Crippen molar-refractivity contribution in [3.05, 3.63) is 70.6 Å². The molecule has 0 radical (unpaired) electrons. The minimum Gasteiger partial charge on any atom is -0.306 e. The quantitative estimate of drug-likeness (QED) is 0.801. The van der Waals surface area contributed by atoms with Crippen LogP contribution in [0.4, 0.5) is 0 Å². The largest absolute Gasteiger partial charge is 0.326 e. The number of aromatic nitrogens is 2. The molecule has 0 spiro atoms. The summed E-state index contributed by atoms with van der Waals surface area (Å²) in [5, 5.41) is 0. The van der Waals surface area contributed by atoms with Gasteiger partial charge in [-0.25, -0.2) is 4.79 Å². The zero-order valence-corrected chi connectivity index (χ0v) is 14.0. The Labute approximate surface area is 141 Å². The number of hydrogen-bond acceptors (Lipinski definition) is 2. The highest BCUT2D eigenvalue weighted by Gasteiger charge is 2.28. The van der Waals surface area contributed by atoms with Crippen molar-refractivity contribution in [3.63, 3.8) is 0 Å². The number of piperidine rings is 1. The Morgan fingerprint density at radius 1 is 1.08 bits per heavy atom. The second-order valence-corrected chi connectivity index (χ2v) is 6.80. The van der Waals surface area contributed by atoms with Gasteiger partial charge < -0.3 is 4.98 Å². The Kier molecular flexibility index (Phi) is 3.98. The fraction of sp³-hybridized carbons (Fsp3) is 0.350. The van der Waals surface area contributed by atoms with Crippen LogP contribution in [0.1, 0.15) is 31.4 Å². The van der Waals surface area contributed by atoms with Gasteiger partial charge in [0.05, 0.1) is 11.0 Å². The summed E-state index contributed by atoms with van der Waals surface area (Å²) >= 11 is 0. The van der Waals surface area contributed by atoms with Crippen LogP contribution in [0.2, 0.25) is 0 Å². The molecule has 2 heterocycles. The summed E-state index contributed by atoms with van der Waals surface area (Å²) in [4.78, 5) is 17.9. The van der Waals surface area contributed by atoms with E-state index in [0.29, 0.717) is 6.04 Å². The van der Waals surface area contributed by atoms with E-state index in [1.807, 2.05) is 28.8 Å². The molecule has 3 aromatic rings. The molecule has 1 aromatic heterocycles. The minimum atomic E-state index is 0.0184. The summed E-state index contributed by atoms with van der Waals surface area (Å²) in [6, 6.07) is 19.3. The maximum Gasteiger partial charge on any atom is 0.326 e. The number of nitrogens with zero attached hydrogens (tertiary/aromatic N) is 2. The van der Waals surface area contributed by atoms with E-state index >= 15 is 0 Å². The molecule has 1 N–H and O–H groups in total. The molecule has 2 aromatic carbocycles. The average molecular weight is 321 g/mol. The number of likely N-dealkylation sites (tertiary alicyclic amines) is 1. The number of H-pyrrole nitrogens is 1. The Bertz CT molecular complexity index is 881. The zero-order chi connectivity index (χ0) is 16.5. The molecule has 1 aliphatic rings. The van der Waals surface area contributed by atoms with E-state index in [1.165, 1.54) is 5.56 Å². The molecule has 0 saturated carbocycles. The number of hydrogen-bond donors (Lipinski definition) is 1. The first-order valence-electron chi connectivity index (χ1n) is 8.69. The molecule has 2 atom stereocenters. The second-order valence-electron chi connectivity index (χ2n) is 6.80. The summed E-state index contributed by atoms with van der Waals surface area (Å²) < 4.78 is 1.96. The van der Waals surface area contributed by atoms with Crippen LogP contribution in [0.25, 0.3) is 11.0 Å². The van der Waals surface area contributed by atoms with E-state index in [1.54, 1.807) is 0 Å². The average Bonchev–Trinajstić information content (AvgIpc) is 2.93. The first kappa shape index (κ1) is 15.2. The predicted octanol–water partition coefficient (Wildman–Crippen LogP) is 3.56. The number of fused-ring (bicyclic) bond motifs is 1. The summed E-state index contributed by atoms with van der Waals surface area (Å²) in [5.74, 6) is 0. The predicted molar refractivity (Wildman–Crippen MR) is 97.1 cm³/mol. The molecule has 0 amide bonds. The lowest BCUT2D eigenvalue weighted by Gasteiger charge is -2.38. The molecule has 124 valence electrons. The second kappa shape index (κ2) is 6.29. The lowest BCUT2D eigenvalue weighted by Crippen LogP contribution is -2.42. The summed E-state index contributed by atoms with van der Waals surface area (Å²) in [7, 11) is 0. The van der Waals surface area contributed by atoms with Gasteiger partial charge in [-0.05, 0) is 37.5 Å². The lowest BCUT2D eigenvalue weighted by atomic mass is 9.97. The first-order chi connectivity index (χ1) is 11.7. The fourth-order valence-electron chi connectivity index (χ4n) is 3.92. The van der Waals surface area contributed by atoms with Crippen LogP contribution in [0.3, 0.4) is 0 Å². The van der Waals surface area contributed by atoms with Crippen LogP contribution in [-0.4, -0.2) is 27.0 Å². The summed E-state index contributed by atoms with van der Waals surface area (Å²) in [6.45, 7) is 4.28. The van der Waals surface area contributed by atoms with Crippen molar-refractivity contribution in [2.45, 2.75) is 38.4 Å². The van der Waals surface area contributed by atoms with Crippen molar-refractivity contribution < 1.29 is 0 Å². The minimum absolute atomic E-state index is 0.0184. The molecule has 1 fully saturated rings. The lowest BCUT2D eigenvalue weighted by molar-refractivity contribution is 0.119. The third-order valence-corrected chi connectivity index (χ3v) is 5.20. The van der Waals surface area contributed by atoms with E-state index in [-0.39, 0.29) is 11.7 Å². The van der Waals surface area contributed by atoms with Gasteiger partial charge in [0.15, 0.2) is 0 Å². The van der Waals surface area contributed by atoms with E-state index in [4.69, 9.17) is 0 Å². The SMILES string of the molecule is CC1CC(n2c(=O)[nH]c3ccccc32)CCN1Cc1ccccc1. The Hall–Kier alpha value is -2.33. The fourth-order valence-corrected chi connectivity index (χ4v) is 3.92. The van der Waals surface area contributed by atoms with Gasteiger partial charge in [0.2, 0.25) is 0 Å². The Morgan fingerprint density at radius 2 is 1.83 bits per heavy atom. The number of imidazole rings is 1. The van der Waals surface area contributed by atoms with Crippen LogP contribution < -0.4 is 5.69 Å². The molecule has 1 saturated heterocycles. The molecular weight excluding hydrogens is 298 g/mol. The maximum atomic E-state index is 12.4. The smallest absolute Gasteiger partial charge is 0.306 e. The molecule has 4 nitrogen and oxygen atoms in total. The van der Waals surface area contributed by atoms with Crippen molar-refractivity contribution in [1.82, 2.24) is 14.5 Å². The highest BCUT2D eigenvalue weighted by Crippen LogP contribution is 2.29. The van der Waals surface area contributed by atoms with E-state index < -0.39 is 0 Å². The van der Waals surface area contributed by atoms with Crippen LogP contribution in [-0.2, 0) is 6.54 Å². The van der Waals surface area contributed by atoms with Gasteiger partial charge in [0, 0.05) is 25.2 Å². The van der Waals surface area contributed by atoms with Crippen LogP contribution in [0, 0.1) is 0 Å². The van der Waals surface area contributed by atoms with Crippen LogP contribution in [0.5, 0.6) is 0 Å². The van der Waals surface area contributed by atoms with Gasteiger partial charge in [-0.2, -0.15) is 0 Å². The number of aromatic amines is 1. The van der Waals surface area contributed by atoms with E-state index in [0.717, 1.165) is 37.0 Å². The van der Waals surface area contributed by atoms with Gasteiger partial charge in [-0.15, -0.1) is 0 Å². The molecule has 0 aliphatic carbocycles. The Morgan fingerprint density at radius 3 is 2.62 bits per heavy atom. The number of rotatable bonds is 3. The molecular formula is C20H23N3O. The van der Waals surface area contributed by atoms with Crippen LogP contribution >= 0.6 is 0 Å². The van der Waals surface area contributed by atoms with Gasteiger partial charge >= 0.3 is 5.69 Å². The van der Waals surface area contributed by atoms with Gasteiger partial charge in [-0.1, -0.05) is 42.5 Å². The van der Waals surface area contributed by atoms with Crippen LogP contribution in [0.15, 0.2) is 59.4 Å². The normalized spacial score (nSPS) is 22.0. The maximum absolute atomic E-state index is 12.4. The van der Waals surface area contributed by atoms with Crippen molar-refractivity contribution in [2.24, 2.45) is 0 Å². The summed E-state index contributed by atoms with van der Waals surface area (Å²) in [6.07, 6.45) is 2.02. The van der Waals surface area contributed by atoms with Crippen molar-refractivity contribution in [2.75, 3.05) is 6.54 Å². The highest BCUT2D eigenvalue weighted by atomic mass is 16.1. The number of para-hydroxylation sites is 2. The zero-order valence-electron chi connectivity index (χ0n) is 14.0. The third-order valence-electron chi connectivity index (χ3n) is 5.20. The van der Waals surface area contributed by atoms with Gasteiger partial charge in [0.1, 0.15) is 0 Å². The monoisotopic (exact) mass is 321 g/mol. The molecule has 1 aliphatic heterocycles. The molecule has 4 rings (SSSR count). The first-order valence-corrected chi connectivity index (χ1v) is 8.69. The molecule has 4 heteroatoms.